The second kappa shape index (κ2) is 8.74. The average molecular weight is 428 g/mol. The highest BCUT2D eigenvalue weighted by Gasteiger charge is 2.38. The molecule has 0 bridgehead atoms. The molecule has 0 amide bonds. The summed E-state index contributed by atoms with van der Waals surface area (Å²) in [7, 11) is 1.51. The number of aryl methyl sites for hydroxylation is 2. The summed E-state index contributed by atoms with van der Waals surface area (Å²) in [6.45, 7) is 5.80. The lowest BCUT2D eigenvalue weighted by molar-refractivity contribution is -0.140. The summed E-state index contributed by atoms with van der Waals surface area (Å²) in [5.41, 5.74) is 9.42. The number of hydrogen-bond acceptors (Lipinski definition) is 7. The van der Waals surface area contributed by atoms with Crippen molar-refractivity contribution in [3.05, 3.63) is 62.8 Å². The molecular weight excluding hydrogens is 406 g/mol. The molecule has 8 heteroatoms. The van der Waals surface area contributed by atoms with E-state index in [1.165, 1.54) is 7.11 Å². The number of carbonyl (C=O) groups excluding carboxylic acids is 1. The number of allylic oxidation sites excluding steroid dienone is 2. The standard InChI is InChI=1S/C22H22ClN3O4/c1-11-5-6-12(2)19-14(11)9-15(20(23)26-19)18-16(10-24)21(25)30-13(3)17(18)22(27)29-8-7-28-4/h5-6,9,18H,7-8,25H2,1-4H3/t18-/m1/s1. The first kappa shape index (κ1) is 21.6. The van der Waals surface area contributed by atoms with Crippen LogP contribution in [0.3, 0.4) is 0 Å². The SMILES string of the molecule is COCCOC(=O)C1=C(C)OC(N)=C(C#N)[C@H]1c1cc2c(C)ccc(C)c2nc1Cl. The molecule has 0 saturated heterocycles. The van der Waals surface area contributed by atoms with Gasteiger partial charge in [-0.15, -0.1) is 0 Å². The molecule has 0 fully saturated rings. The summed E-state index contributed by atoms with van der Waals surface area (Å²) >= 11 is 6.56. The van der Waals surface area contributed by atoms with Crippen molar-refractivity contribution in [1.29, 1.82) is 5.26 Å². The molecule has 2 N–H and O–H groups in total. The number of methoxy groups -OCH3 is 1. The third kappa shape index (κ3) is 3.84. The first-order valence-corrected chi connectivity index (χ1v) is 9.68. The number of pyridine rings is 1. The second-order valence-electron chi connectivity index (χ2n) is 6.99. The van der Waals surface area contributed by atoms with Crippen molar-refractivity contribution in [1.82, 2.24) is 4.98 Å². The van der Waals surface area contributed by atoms with E-state index in [0.29, 0.717) is 5.56 Å². The maximum Gasteiger partial charge on any atom is 0.338 e. The molecule has 2 heterocycles. The minimum absolute atomic E-state index is 0.0575. The number of aromatic nitrogens is 1. The summed E-state index contributed by atoms with van der Waals surface area (Å²) in [6.07, 6.45) is 0. The highest BCUT2D eigenvalue weighted by atomic mass is 35.5. The lowest BCUT2D eigenvalue weighted by atomic mass is 9.83. The molecule has 156 valence electrons. The highest BCUT2D eigenvalue weighted by Crippen LogP contribution is 2.43. The van der Waals surface area contributed by atoms with Gasteiger partial charge in [0, 0.05) is 18.1 Å². The number of carbonyl (C=O) groups is 1. The van der Waals surface area contributed by atoms with Crippen molar-refractivity contribution in [2.75, 3.05) is 20.3 Å². The predicted molar refractivity (Wildman–Crippen MR) is 112 cm³/mol. The normalized spacial score (nSPS) is 16.5. The average Bonchev–Trinajstić information content (AvgIpc) is 2.70. The molecule has 0 aliphatic carbocycles. The summed E-state index contributed by atoms with van der Waals surface area (Å²) in [5.74, 6) is -1.32. The third-order valence-corrected chi connectivity index (χ3v) is 5.34. The Bertz CT molecular complexity index is 1130. The van der Waals surface area contributed by atoms with Crippen LogP contribution in [0.4, 0.5) is 0 Å². The summed E-state index contributed by atoms with van der Waals surface area (Å²) in [5, 5.41) is 10.8. The van der Waals surface area contributed by atoms with E-state index in [-0.39, 0.29) is 41.2 Å². The van der Waals surface area contributed by atoms with E-state index in [9.17, 15) is 10.1 Å². The number of halogens is 1. The topological polar surface area (TPSA) is 107 Å². The van der Waals surface area contributed by atoms with E-state index >= 15 is 0 Å². The Morgan fingerprint density at radius 3 is 2.67 bits per heavy atom. The van der Waals surface area contributed by atoms with Crippen molar-refractivity contribution in [2.45, 2.75) is 26.7 Å². The fraction of sp³-hybridized carbons (Fsp3) is 0.318. The maximum absolute atomic E-state index is 12.9. The van der Waals surface area contributed by atoms with E-state index < -0.39 is 11.9 Å². The van der Waals surface area contributed by atoms with E-state index in [1.54, 1.807) is 6.92 Å². The summed E-state index contributed by atoms with van der Waals surface area (Å²) in [6, 6.07) is 7.86. The Morgan fingerprint density at radius 2 is 2.00 bits per heavy atom. The third-order valence-electron chi connectivity index (χ3n) is 5.04. The minimum atomic E-state index is -0.858. The van der Waals surface area contributed by atoms with Crippen LogP contribution in [0.5, 0.6) is 0 Å². The monoisotopic (exact) mass is 427 g/mol. The van der Waals surface area contributed by atoms with E-state index in [2.05, 4.69) is 11.1 Å². The van der Waals surface area contributed by atoms with Gasteiger partial charge < -0.3 is 19.9 Å². The number of hydrogen-bond donors (Lipinski definition) is 1. The van der Waals surface area contributed by atoms with Gasteiger partial charge in [-0.05, 0) is 38.0 Å². The number of esters is 1. The van der Waals surface area contributed by atoms with Crippen molar-refractivity contribution < 1.29 is 19.0 Å². The minimum Gasteiger partial charge on any atom is -0.460 e. The van der Waals surface area contributed by atoms with Gasteiger partial charge in [0.25, 0.3) is 0 Å². The molecule has 0 unspecified atom stereocenters. The van der Waals surface area contributed by atoms with Crippen molar-refractivity contribution in [3.8, 4) is 6.07 Å². The molecule has 0 radical (unpaired) electrons. The first-order valence-electron chi connectivity index (χ1n) is 9.30. The van der Waals surface area contributed by atoms with Gasteiger partial charge >= 0.3 is 5.97 Å². The number of nitrogens with zero attached hydrogens (tertiary/aromatic N) is 2. The Labute approximate surface area is 179 Å². The molecule has 1 aromatic heterocycles. The summed E-state index contributed by atoms with van der Waals surface area (Å²) in [4.78, 5) is 17.4. The lowest BCUT2D eigenvalue weighted by Gasteiger charge is -2.27. The van der Waals surface area contributed by atoms with Crippen LogP contribution in [0.2, 0.25) is 5.15 Å². The van der Waals surface area contributed by atoms with Gasteiger partial charge in [0.15, 0.2) is 0 Å². The zero-order valence-electron chi connectivity index (χ0n) is 17.2. The van der Waals surface area contributed by atoms with Gasteiger partial charge in [-0.3, -0.25) is 0 Å². The highest BCUT2D eigenvalue weighted by molar-refractivity contribution is 6.31. The van der Waals surface area contributed by atoms with Gasteiger partial charge in [-0.25, -0.2) is 9.78 Å². The van der Waals surface area contributed by atoms with Crippen LogP contribution in [0.1, 0.15) is 29.5 Å². The largest absolute Gasteiger partial charge is 0.460 e. The quantitative estimate of drug-likeness (QED) is 0.439. The molecular formula is C22H22ClN3O4. The number of rotatable bonds is 5. The molecule has 3 rings (SSSR count). The van der Waals surface area contributed by atoms with Gasteiger partial charge in [0.2, 0.25) is 5.88 Å². The van der Waals surface area contributed by atoms with Gasteiger partial charge in [0.1, 0.15) is 29.2 Å². The Kier molecular flexibility index (Phi) is 6.30. The van der Waals surface area contributed by atoms with Gasteiger partial charge in [0.05, 0.1) is 23.6 Å². The van der Waals surface area contributed by atoms with Crippen LogP contribution in [0.15, 0.2) is 41.0 Å². The van der Waals surface area contributed by atoms with Crippen LogP contribution in [0, 0.1) is 25.2 Å². The molecule has 0 saturated carbocycles. The smallest absolute Gasteiger partial charge is 0.338 e. The van der Waals surface area contributed by atoms with Crippen molar-refractivity contribution in [3.63, 3.8) is 0 Å². The Balaban J connectivity index is 2.21. The fourth-order valence-corrected chi connectivity index (χ4v) is 3.73. The summed E-state index contributed by atoms with van der Waals surface area (Å²) < 4.78 is 15.7. The van der Waals surface area contributed by atoms with E-state index in [0.717, 1.165) is 22.0 Å². The molecule has 1 aromatic carbocycles. The first-order chi connectivity index (χ1) is 14.3. The van der Waals surface area contributed by atoms with Crippen molar-refractivity contribution in [2.24, 2.45) is 5.73 Å². The lowest BCUT2D eigenvalue weighted by Crippen LogP contribution is -2.26. The van der Waals surface area contributed by atoms with Crippen molar-refractivity contribution >= 4 is 28.5 Å². The molecule has 1 aliphatic rings. The Hall–Kier alpha value is -3.08. The zero-order valence-corrected chi connectivity index (χ0v) is 18.0. The van der Waals surface area contributed by atoms with Gasteiger partial charge in [-0.1, -0.05) is 23.7 Å². The molecule has 30 heavy (non-hydrogen) atoms. The Morgan fingerprint density at radius 1 is 1.30 bits per heavy atom. The molecule has 2 aromatic rings. The maximum atomic E-state index is 12.9. The number of ether oxygens (including phenoxy) is 3. The van der Waals surface area contributed by atoms with Crippen LogP contribution in [-0.4, -0.2) is 31.3 Å². The van der Waals surface area contributed by atoms with Crippen LogP contribution >= 0.6 is 11.6 Å². The fourth-order valence-electron chi connectivity index (χ4n) is 3.48. The van der Waals surface area contributed by atoms with Crippen LogP contribution in [0.25, 0.3) is 10.9 Å². The number of benzene rings is 1. The number of fused-ring (bicyclic) bond motifs is 1. The molecule has 1 atom stereocenters. The molecule has 0 spiro atoms. The van der Waals surface area contributed by atoms with E-state index in [1.807, 2.05) is 32.0 Å². The van der Waals surface area contributed by atoms with Crippen LogP contribution in [-0.2, 0) is 19.0 Å². The predicted octanol–water partition coefficient (Wildman–Crippen LogP) is 3.78. The van der Waals surface area contributed by atoms with Crippen LogP contribution < -0.4 is 5.73 Å². The molecule has 7 nitrogen and oxygen atoms in total. The molecule has 1 aliphatic heterocycles. The number of nitrogens with two attached hydrogens (primary N) is 1. The zero-order chi connectivity index (χ0) is 22.0. The van der Waals surface area contributed by atoms with E-state index in [4.69, 9.17) is 31.5 Å². The van der Waals surface area contributed by atoms with Gasteiger partial charge in [-0.2, -0.15) is 5.26 Å². The second-order valence-corrected chi connectivity index (χ2v) is 7.35. The number of nitriles is 1.